The van der Waals surface area contributed by atoms with Crippen molar-refractivity contribution >= 4 is 33.0 Å². The fourth-order valence-corrected chi connectivity index (χ4v) is 2.06. The van der Waals surface area contributed by atoms with E-state index in [1.54, 1.807) is 4.52 Å². The molecule has 0 atom stereocenters. The number of halogens is 1. The molecule has 17 heavy (non-hydrogen) atoms. The Balaban J connectivity index is 2.69. The van der Waals surface area contributed by atoms with Crippen LogP contribution in [0.25, 0.3) is 5.52 Å². The zero-order chi connectivity index (χ0) is 12.6. The lowest BCUT2D eigenvalue weighted by Gasteiger charge is -2.14. The van der Waals surface area contributed by atoms with Gasteiger partial charge in [-0.25, -0.2) is 4.52 Å². The van der Waals surface area contributed by atoms with Gasteiger partial charge in [0, 0.05) is 16.7 Å². The van der Waals surface area contributed by atoms with Gasteiger partial charge >= 0.3 is 0 Å². The highest BCUT2D eigenvalue weighted by atomic mass is 79.9. The van der Waals surface area contributed by atoms with Crippen molar-refractivity contribution in [2.75, 3.05) is 5.32 Å². The zero-order valence-electron chi connectivity index (χ0n) is 9.57. The number of fused-ring (bicyclic) bond motifs is 1. The Morgan fingerprint density at radius 2 is 2.29 bits per heavy atom. The Kier molecular flexibility index (Phi) is 3.06. The Bertz CT molecular complexity index is 576. The number of hydrogen-bond acceptors (Lipinski definition) is 3. The highest BCUT2D eigenvalue weighted by Gasteiger charge is 2.14. The van der Waals surface area contributed by atoms with Crippen molar-refractivity contribution in [3.05, 3.63) is 28.5 Å². The van der Waals surface area contributed by atoms with Crippen LogP contribution >= 0.6 is 15.9 Å². The first-order valence-electron chi connectivity index (χ1n) is 5.22. The molecule has 90 valence electrons. The minimum Gasteiger partial charge on any atom is -0.380 e. The van der Waals surface area contributed by atoms with E-state index < -0.39 is 5.91 Å². The number of aromatic nitrogens is 2. The van der Waals surface area contributed by atoms with E-state index >= 15 is 0 Å². The number of primary amides is 1. The summed E-state index contributed by atoms with van der Waals surface area (Å²) in [7, 11) is 0. The van der Waals surface area contributed by atoms with Gasteiger partial charge in [0.1, 0.15) is 0 Å². The smallest absolute Gasteiger partial charge is 0.252 e. The third kappa shape index (κ3) is 2.26. The molecular weight excluding hydrogens is 284 g/mol. The number of nitrogens with zero attached hydrogens (tertiary/aromatic N) is 2. The van der Waals surface area contributed by atoms with Gasteiger partial charge in [-0.3, -0.25) is 4.79 Å². The Morgan fingerprint density at radius 1 is 1.59 bits per heavy atom. The molecule has 2 aromatic rings. The fourth-order valence-electron chi connectivity index (χ4n) is 1.65. The van der Waals surface area contributed by atoms with Gasteiger partial charge in [0.15, 0.2) is 0 Å². The maximum absolute atomic E-state index is 11.4. The van der Waals surface area contributed by atoms with Crippen LogP contribution < -0.4 is 11.1 Å². The summed E-state index contributed by atoms with van der Waals surface area (Å²) >= 11 is 3.38. The summed E-state index contributed by atoms with van der Waals surface area (Å²) in [4.78, 5) is 11.4. The Labute approximate surface area is 107 Å². The fraction of sp³-hybridized carbons (Fsp3) is 0.273. The third-order valence-electron chi connectivity index (χ3n) is 2.30. The molecule has 5 nitrogen and oxygen atoms in total. The van der Waals surface area contributed by atoms with Gasteiger partial charge < -0.3 is 11.1 Å². The van der Waals surface area contributed by atoms with Crippen molar-refractivity contribution < 1.29 is 4.79 Å². The first-order chi connectivity index (χ1) is 7.99. The van der Waals surface area contributed by atoms with E-state index in [2.05, 4.69) is 26.3 Å². The van der Waals surface area contributed by atoms with E-state index in [-0.39, 0.29) is 6.04 Å². The monoisotopic (exact) mass is 296 g/mol. The molecule has 0 aliphatic carbocycles. The molecular formula is C11H13BrN4O. The van der Waals surface area contributed by atoms with Crippen LogP contribution in [0.15, 0.2) is 22.9 Å². The molecule has 0 bridgehead atoms. The Hall–Kier alpha value is -1.56. The van der Waals surface area contributed by atoms with Gasteiger partial charge in [-0.1, -0.05) is 0 Å². The highest BCUT2D eigenvalue weighted by Crippen LogP contribution is 2.25. The van der Waals surface area contributed by atoms with Gasteiger partial charge in [-0.15, -0.1) is 0 Å². The van der Waals surface area contributed by atoms with Crippen LogP contribution in [-0.2, 0) is 0 Å². The van der Waals surface area contributed by atoms with Crippen LogP contribution in [0.3, 0.4) is 0 Å². The normalized spacial score (nSPS) is 11.1. The molecule has 6 heteroatoms. The van der Waals surface area contributed by atoms with Gasteiger partial charge in [0.2, 0.25) is 0 Å². The predicted molar refractivity (Wildman–Crippen MR) is 70.2 cm³/mol. The molecule has 2 rings (SSSR count). The lowest BCUT2D eigenvalue weighted by Crippen LogP contribution is -2.19. The average molecular weight is 297 g/mol. The van der Waals surface area contributed by atoms with E-state index in [1.165, 1.54) is 6.20 Å². The van der Waals surface area contributed by atoms with Crippen LogP contribution in [0.1, 0.15) is 24.2 Å². The number of carbonyl (C=O) groups is 1. The lowest BCUT2D eigenvalue weighted by atomic mass is 10.2. The highest BCUT2D eigenvalue weighted by molar-refractivity contribution is 9.10. The maximum Gasteiger partial charge on any atom is 0.252 e. The minimum atomic E-state index is -0.486. The summed E-state index contributed by atoms with van der Waals surface area (Å²) in [5.41, 5.74) is 7.29. The molecule has 0 unspecified atom stereocenters. The minimum absolute atomic E-state index is 0.202. The molecule has 0 saturated carbocycles. The second kappa shape index (κ2) is 4.37. The van der Waals surface area contributed by atoms with Crippen molar-refractivity contribution in [2.45, 2.75) is 19.9 Å². The number of nitrogens with two attached hydrogens (primary N) is 1. The number of anilines is 1. The molecule has 0 aliphatic heterocycles. The quantitative estimate of drug-likeness (QED) is 0.910. The van der Waals surface area contributed by atoms with E-state index in [9.17, 15) is 4.79 Å². The van der Waals surface area contributed by atoms with Crippen molar-refractivity contribution in [3.63, 3.8) is 0 Å². The number of nitrogens with one attached hydrogen (secondary N) is 1. The summed E-state index contributed by atoms with van der Waals surface area (Å²) in [5, 5.41) is 7.37. The standard InChI is InChI=1S/C11H13BrN4O/c1-6(2)15-10-8(11(13)17)4-14-16-5-7(12)3-9(10)16/h3-6,15H,1-2H3,(H2,13,17). The first kappa shape index (κ1) is 11.9. The summed E-state index contributed by atoms with van der Waals surface area (Å²) in [6.45, 7) is 4.00. The van der Waals surface area contributed by atoms with Crippen LogP contribution in [0.5, 0.6) is 0 Å². The van der Waals surface area contributed by atoms with Crippen molar-refractivity contribution in [3.8, 4) is 0 Å². The summed E-state index contributed by atoms with van der Waals surface area (Å²) < 4.78 is 2.60. The maximum atomic E-state index is 11.4. The van der Waals surface area contributed by atoms with Crippen LogP contribution in [0, 0.1) is 0 Å². The molecule has 3 N–H and O–H groups in total. The van der Waals surface area contributed by atoms with Gasteiger partial charge in [0.25, 0.3) is 5.91 Å². The van der Waals surface area contributed by atoms with Gasteiger partial charge in [-0.2, -0.15) is 5.10 Å². The average Bonchev–Trinajstić information content (AvgIpc) is 2.58. The van der Waals surface area contributed by atoms with Crippen LogP contribution in [-0.4, -0.2) is 21.6 Å². The second-order valence-electron chi connectivity index (χ2n) is 4.08. The van der Waals surface area contributed by atoms with E-state index in [0.29, 0.717) is 11.3 Å². The number of amides is 1. The number of hydrogen-bond donors (Lipinski definition) is 2. The molecule has 0 fully saturated rings. The van der Waals surface area contributed by atoms with Crippen molar-refractivity contribution in [2.24, 2.45) is 5.73 Å². The molecule has 0 spiro atoms. The molecule has 0 aliphatic rings. The molecule has 2 aromatic heterocycles. The van der Waals surface area contributed by atoms with Crippen LogP contribution in [0.2, 0.25) is 0 Å². The third-order valence-corrected chi connectivity index (χ3v) is 2.74. The molecule has 0 saturated heterocycles. The zero-order valence-corrected chi connectivity index (χ0v) is 11.2. The second-order valence-corrected chi connectivity index (χ2v) is 5.00. The SMILES string of the molecule is CC(C)Nc1c(C(N)=O)cnn2cc(Br)cc12. The number of rotatable bonds is 3. The van der Waals surface area contributed by atoms with Gasteiger partial charge in [-0.05, 0) is 35.8 Å². The van der Waals surface area contributed by atoms with Crippen LogP contribution in [0.4, 0.5) is 5.69 Å². The van der Waals surface area contributed by atoms with Crippen molar-refractivity contribution in [1.29, 1.82) is 0 Å². The van der Waals surface area contributed by atoms with Gasteiger partial charge in [0.05, 0.1) is 23.0 Å². The summed E-state index contributed by atoms with van der Waals surface area (Å²) in [6, 6.07) is 2.09. The topological polar surface area (TPSA) is 72.4 Å². The summed E-state index contributed by atoms with van der Waals surface area (Å²) in [6.07, 6.45) is 3.30. The molecule has 0 radical (unpaired) electrons. The van der Waals surface area contributed by atoms with E-state index in [1.807, 2.05) is 26.1 Å². The van der Waals surface area contributed by atoms with Crippen molar-refractivity contribution in [1.82, 2.24) is 9.61 Å². The van der Waals surface area contributed by atoms with E-state index in [0.717, 1.165) is 9.99 Å². The van der Waals surface area contributed by atoms with E-state index in [4.69, 9.17) is 5.73 Å². The molecule has 0 aromatic carbocycles. The lowest BCUT2D eigenvalue weighted by molar-refractivity contribution is 0.100. The summed E-state index contributed by atoms with van der Waals surface area (Å²) in [5.74, 6) is -0.486. The largest absolute Gasteiger partial charge is 0.380 e. The first-order valence-corrected chi connectivity index (χ1v) is 6.01. The predicted octanol–water partition coefficient (Wildman–Crippen LogP) is 2.02. The molecule has 1 amide bonds. The number of carbonyl (C=O) groups excluding carboxylic acids is 1. The molecule has 2 heterocycles. The Morgan fingerprint density at radius 3 is 2.88 bits per heavy atom.